The van der Waals surface area contributed by atoms with Gasteiger partial charge in [-0.2, -0.15) is 0 Å². The Hall–Kier alpha value is -3.35. The van der Waals surface area contributed by atoms with E-state index in [9.17, 15) is 14.4 Å². The lowest BCUT2D eigenvalue weighted by atomic mass is 10.1. The summed E-state index contributed by atoms with van der Waals surface area (Å²) in [6.45, 7) is 3.19. The first-order valence-corrected chi connectivity index (χ1v) is 8.02. The Morgan fingerprint density at radius 3 is 1.88 bits per heavy atom. The summed E-state index contributed by atoms with van der Waals surface area (Å²) in [5.74, 6) is -0.974. The molecule has 0 aliphatic carbocycles. The minimum absolute atomic E-state index is 0.186. The van der Waals surface area contributed by atoms with E-state index in [4.69, 9.17) is 4.74 Å². The van der Waals surface area contributed by atoms with Gasteiger partial charge in [0.15, 0.2) is 0 Å². The lowest BCUT2D eigenvalue weighted by Crippen LogP contribution is -2.36. The average Bonchev–Trinajstić information content (AvgIpc) is 2.62. The topological polar surface area (TPSA) is 96.5 Å². The highest BCUT2D eigenvalue weighted by Gasteiger charge is 2.17. The van der Waals surface area contributed by atoms with Gasteiger partial charge in [-0.3, -0.25) is 14.4 Å². The number of carbonyl (C=O) groups excluding carboxylic acids is 3. The molecular formula is C19H21N3O4. The highest BCUT2D eigenvalue weighted by Crippen LogP contribution is 2.17. The number of nitrogens with one attached hydrogen (secondary N) is 3. The van der Waals surface area contributed by atoms with Gasteiger partial charge >= 0.3 is 11.8 Å². The molecule has 1 unspecified atom stereocenters. The van der Waals surface area contributed by atoms with E-state index in [0.717, 1.165) is 5.56 Å². The molecule has 0 saturated carbocycles. The fourth-order valence-corrected chi connectivity index (χ4v) is 2.27. The van der Waals surface area contributed by atoms with E-state index >= 15 is 0 Å². The van der Waals surface area contributed by atoms with E-state index in [1.807, 2.05) is 12.1 Å². The summed E-state index contributed by atoms with van der Waals surface area (Å²) in [4.78, 5) is 35.1. The average molecular weight is 355 g/mol. The van der Waals surface area contributed by atoms with E-state index in [0.29, 0.717) is 17.1 Å². The van der Waals surface area contributed by atoms with E-state index in [-0.39, 0.29) is 11.9 Å². The SMILES string of the molecule is COc1ccc(C(C)NC(=O)C(=O)Nc2ccc(NC(C)=O)cc2)cc1. The second-order valence-electron chi connectivity index (χ2n) is 5.68. The molecular weight excluding hydrogens is 334 g/mol. The smallest absolute Gasteiger partial charge is 0.313 e. The summed E-state index contributed by atoms with van der Waals surface area (Å²) >= 11 is 0. The number of ether oxygens (including phenoxy) is 1. The zero-order valence-corrected chi connectivity index (χ0v) is 14.8. The van der Waals surface area contributed by atoms with Gasteiger partial charge in [0.25, 0.3) is 0 Å². The maximum atomic E-state index is 12.1. The molecule has 2 aromatic carbocycles. The second kappa shape index (κ2) is 8.66. The number of carbonyl (C=O) groups is 3. The zero-order chi connectivity index (χ0) is 19.1. The van der Waals surface area contributed by atoms with Crippen molar-refractivity contribution in [2.45, 2.75) is 19.9 Å². The maximum Gasteiger partial charge on any atom is 0.313 e. The number of hydrogen-bond acceptors (Lipinski definition) is 4. The van der Waals surface area contributed by atoms with Crippen molar-refractivity contribution in [3.05, 3.63) is 54.1 Å². The molecule has 7 heteroatoms. The van der Waals surface area contributed by atoms with Gasteiger partial charge in [0.2, 0.25) is 5.91 Å². The van der Waals surface area contributed by atoms with Crippen LogP contribution in [0.25, 0.3) is 0 Å². The normalized spacial score (nSPS) is 11.2. The lowest BCUT2D eigenvalue weighted by Gasteiger charge is -2.14. The van der Waals surface area contributed by atoms with Gasteiger partial charge in [0.05, 0.1) is 13.2 Å². The van der Waals surface area contributed by atoms with Crippen LogP contribution < -0.4 is 20.7 Å². The molecule has 0 aliphatic rings. The van der Waals surface area contributed by atoms with Crippen LogP contribution in [0, 0.1) is 0 Å². The van der Waals surface area contributed by atoms with Crippen LogP contribution in [0.1, 0.15) is 25.5 Å². The van der Waals surface area contributed by atoms with Crippen molar-refractivity contribution in [2.24, 2.45) is 0 Å². The van der Waals surface area contributed by atoms with Crippen molar-refractivity contribution in [3.8, 4) is 5.75 Å². The standard InChI is InChI=1S/C19H21N3O4/c1-12(14-4-10-17(26-3)11-5-14)20-18(24)19(25)22-16-8-6-15(7-9-16)21-13(2)23/h4-12H,1-3H3,(H,20,24)(H,21,23)(H,22,25). The first kappa shape index (κ1) is 19.0. The number of benzene rings is 2. The summed E-state index contributed by atoms with van der Waals surface area (Å²) in [6.07, 6.45) is 0. The molecule has 0 bridgehead atoms. The number of amides is 3. The Balaban J connectivity index is 1.91. The predicted molar refractivity (Wildman–Crippen MR) is 98.9 cm³/mol. The fraction of sp³-hybridized carbons (Fsp3) is 0.211. The summed E-state index contributed by atoms with van der Waals surface area (Å²) in [6, 6.07) is 13.4. The summed E-state index contributed by atoms with van der Waals surface area (Å²) in [7, 11) is 1.58. The lowest BCUT2D eigenvalue weighted by molar-refractivity contribution is -0.136. The molecule has 136 valence electrons. The predicted octanol–water partition coefficient (Wildman–Crippen LogP) is 2.47. The first-order chi connectivity index (χ1) is 12.4. The Bertz CT molecular complexity index is 785. The maximum absolute atomic E-state index is 12.1. The molecule has 2 aromatic rings. The van der Waals surface area contributed by atoms with Gasteiger partial charge in [0.1, 0.15) is 5.75 Å². The fourth-order valence-electron chi connectivity index (χ4n) is 2.27. The highest BCUT2D eigenvalue weighted by atomic mass is 16.5. The Labute approximate surface area is 151 Å². The first-order valence-electron chi connectivity index (χ1n) is 8.02. The zero-order valence-electron chi connectivity index (χ0n) is 14.8. The quantitative estimate of drug-likeness (QED) is 0.718. The van der Waals surface area contributed by atoms with E-state index in [1.54, 1.807) is 50.4 Å². The molecule has 0 aromatic heterocycles. The third kappa shape index (κ3) is 5.34. The van der Waals surface area contributed by atoms with Crippen molar-refractivity contribution >= 4 is 29.1 Å². The van der Waals surface area contributed by atoms with Crippen molar-refractivity contribution in [2.75, 3.05) is 17.7 Å². The van der Waals surface area contributed by atoms with Crippen LogP contribution in [0.3, 0.4) is 0 Å². The van der Waals surface area contributed by atoms with Crippen LogP contribution in [0.2, 0.25) is 0 Å². The molecule has 0 saturated heterocycles. The van der Waals surface area contributed by atoms with Gasteiger partial charge < -0.3 is 20.7 Å². The van der Waals surface area contributed by atoms with E-state index < -0.39 is 11.8 Å². The van der Waals surface area contributed by atoms with Crippen molar-refractivity contribution in [3.63, 3.8) is 0 Å². The summed E-state index contributed by atoms with van der Waals surface area (Å²) < 4.78 is 5.09. The Morgan fingerprint density at radius 2 is 1.38 bits per heavy atom. The Kier molecular flexibility index (Phi) is 6.32. The molecule has 0 heterocycles. The van der Waals surface area contributed by atoms with Gasteiger partial charge in [-0.05, 0) is 48.9 Å². The third-order valence-electron chi connectivity index (χ3n) is 3.63. The Morgan fingerprint density at radius 1 is 0.846 bits per heavy atom. The molecule has 0 spiro atoms. The monoisotopic (exact) mass is 355 g/mol. The number of rotatable bonds is 5. The molecule has 7 nitrogen and oxygen atoms in total. The number of methoxy groups -OCH3 is 1. The van der Waals surface area contributed by atoms with Crippen LogP contribution in [-0.2, 0) is 14.4 Å². The summed E-state index contributed by atoms with van der Waals surface area (Å²) in [5, 5.41) is 7.78. The van der Waals surface area contributed by atoms with Gasteiger partial charge in [-0.25, -0.2) is 0 Å². The number of anilines is 2. The van der Waals surface area contributed by atoms with Gasteiger partial charge in [-0.1, -0.05) is 12.1 Å². The van der Waals surface area contributed by atoms with Crippen LogP contribution in [0.4, 0.5) is 11.4 Å². The molecule has 3 amide bonds. The largest absolute Gasteiger partial charge is 0.497 e. The third-order valence-corrected chi connectivity index (χ3v) is 3.63. The van der Waals surface area contributed by atoms with E-state index in [1.165, 1.54) is 6.92 Å². The highest BCUT2D eigenvalue weighted by molar-refractivity contribution is 6.39. The molecule has 0 aliphatic heterocycles. The molecule has 26 heavy (non-hydrogen) atoms. The molecule has 0 radical (unpaired) electrons. The van der Waals surface area contributed by atoms with Crippen LogP contribution >= 0.6 is 0 Å². The molecule has 3 N–H and O–H groups in total. The van der Waals surface area contributed by atoms with Crippen molar-refractivity contribution < 1.29 is 19.1 Å². The number of hydrogen-bond donors (Lipinski definition) is 3. The van der Waals surface area contributed by atoms with E-state index in [2.05, 4.69) is 16.0 Å². The van der Waals surface area contributed by atoms with Crippen LogP contribution in [0.15, 0.2) is 48.5 Å². The second-order valence-corrected chi connectivity index (χ2v) is 5.68. The van der Waals surface area contributed by atoms with Crippen molar-refractivity contribution in [1.29, 1.82) is 0 Å². The summed E-state index contributed by atoms with van der Waals surface area (Å²) in [5.41, 5.74) is 1.91. The molecule has 2 rings (SSSR count). The molecule has 1 atom stereocenters. The van der Waals surface area contributed by atoms with Crippen molar-refractivity contribution in [1.82, 2.24) is 5.32 Å². The van der Waals surface area contributed by atoms with Crippen LogP contribution in [-0.4, -0.2) is 24.8 Å². The van der Waals surface area contributed by atoms with Crippen LogP contribution in [0.5, 0.6) is 5.75 Å². The van der Waals surface area contributed by atoms with Gasteiger partial charge in [0, 0.05) is 18.3 Å². The minimum atomic E-state index is -0.766. The minimum Gasteiger partial charge on any atom is -0.497 e. The molecule has 0 fully saturated rings. The van der Waals surface area contributed by atoms with Gasteiger partial charge in [-0.15, -0.1) is 0 Å².